The number of aryl methyl sites for hydroxylation is 1. The summed E-state index contributed by atoms with van der Waals surface area (Å²) in [5.74, 6) is 0.455. The van der Waals surface area contributed by atoms with Crippen LogP contribution in [0.15, 0.2) is 29.3 Å². The number of carbonyl (C=O) groups excluding carboxylic acids is 1. The summed E-state index contributed by atoms with van der Waals surface area (Å²) in [6.45, 7) is 2.71. The lowest BCUT2D eigenvalue weighted by molar-refractivity contribution is 0.102. The van der Waals surface area contributed by atoms with Gasteiger partial charge in [0.25, 0.3) is 5.91 Å². The molecule has 0 aromatic carbocycles. The van der Waals surface area contributed by atoms with Crippen LogP contribution in [0.5, 0.6) is 0 Å². The molecule has 1 amide bonds. The van der Waals surface area contributed by atoms with Crippen molar-refractivity contribution in [2.45, 2.75) is 37.1 Å². The average Bonchev–Trinajstić information content (AvgIpc) is 3.25. The predicted octanol–water partition coefficient (Wildman–Crippen LogP) is 1.83. The van der Waals surface area contributed by atoms with Crippen LogP contribution < -0.4 is 5.32 Å². The number of nitrogens with zero attached hydrogens (tertiary/aromatic N) is 3. The molecule has 0 unspecified atom stereocenters. The molecule has 0 saturated heterocycles. The third kappa shape index (κ3) is 3.42. The molecule has 3 rings (SSSR count). The predicted molar refractivity (Wildman–Crippen MR) is 85.2 cm³/mol. The largest absolute Gasteiger partial charge is 0.305 e. The van der Waals surface area contributed by atoms with Crippen LogP contribution in [-0.2, 0) is 16.4 Å². The van der Waals surface area contributed by atoms with Gasteiger partial charge in [-0.3, -0.25) is 9.48 Å². The first-order valence-corrected chi connectivity index (χ1v) is 9.33. The molecule has 122 valence electrons. The minimum Gasteiger partial charge on any atom is -0.305 e. The molecule has 1 aliphatic carbocycles. The van der Waals surface area contributed by atoms with E-state index in [9.17, 15) is 13.2 Å². The third-order valence-electron chi connectivity index (χ3n) is 3.74. The zero-order chi connectivity index (χ0) is 16.6. The zero-order valence-electron chi connectivity index (χ0n) is 13.0. The number of anilines is 1. The first-order valence-electron chi connectivity index (χ1n) is 7.43. The maximum Gasteiger partial charge on any atom is 0.277 e. The van der Waals surface area contributed by atoms with Gasteiger partial charge in [0, 0.05) is 30.6 Å². The second-order valence-corrected chi connectivity index (χ2v) is 7.67. The van der Waals surface area contributed by atoms with E-state index in [2.05, 4.69) is 15.4 Å². The number of aromatic nitrogens is 3. The molecule has 0 aliphatic heterocycles. The molecular formula is C15H18N4O3S. The van der Waals surface area contributed by atoms with E-state index in [0.29, 0.717) is 17.4 Å². The van der Waals surface area contributed by atoms with E-state index in [1.165, 1.54) is 18.3 Å². The van der Waals surface area contributed by atoms with Gasteiger partial charge in [-0.25, -0.2) is 13.4 Å². The molecule has 0 atom stereocenters. The Morgan fingerprint density at radius 1 is 1.39 bits per heavy atom. The lowest BCUT2D eigenvalue weighted by Gasteiger charge is -2.03. The van der Waals surface area contributed by atoms with Crippen LogP contribution in [0.25, 0.3) is 0 Å². The maximum absolute atomic E-state index is 12.3. The topological polar surface area (TPSA) is 94.0 Å². The van der Waals surface area contributed by atoms with E-state index in [1.54, 1.807) is 0 Å². The lowest BCUT2D eigenvalue weighted by atomic mass is 10.2. The van der Waals surface area contributed by atoms with Gasteiger partial charge in [-0.2, -0.15) is 5.10 Å². The fourth-order valence-electron chi connectivity index (χ4n) is 2.36. The van der Waals surface area contributed by atoms with Crippen molar-refractivity contribution in [3.05, 3.63) is 35.8 Å². The maximum atomic E-state index is 12.3. The summed E-state index contributed by atoms with van der Waals surface area (Å²) in [5.41, 5.74) is 1.45. The second-order valence-electron chi connectivity index (χ2n) is 5.65. The number of hydrogen-bond acceptors (Lipinski definition) is 5. The summed E-state index contributed by atoms with van der Waals surface area (Å²) in [6, 6.07) is 4.70. The van der Waals surface area contributed by atoms with Gasteiger partial charge in [0.2, 0.25) is 0 Å². The molecule has 8 heteroatoms. The second kappa shape index (κ2) is 5.77. The van der Waals surface area contributed by atoms with Crippen LogP contribution in [0.4, 0.5) is 5.82 Å². The molecule has 0 radical (unpaired) electrons. The number of sulfone groups is 1. The van der Waals surface area contributed by atoms with Crippen molar-refractivity contribution in [1.82, 2.24) is 14.8 Å². The van der Waals surface area contributed by atoms with Crippen LogP contribution in [0, 0.1) is 0 Å². The Kier molecular flexibility index (Phi) is 3.93. The van der Waals surface area contributed by atoms with Gasteiger partial charge in [-0.15, -0.1) is 0 Å². The van der Waals surface area contributed by atoms with Crippen LogP contribution in [0.3, 0.4) is 0 Å². The zero-order valence-corrected chi connectivity index (χ0v) is 13.8. The standard InChI is InChI=1S/C15H18N4O3S/c1-3-19-13(10-4-5-10)8-12(18-19)15(20)17-14-7-6-11(9-16-14)23(2,21)22/h6-10H,3-5H2,1-2H3,(H,16,17,20). The Labute approximate surface area is 134 Å². The van der Waals surface area contributed by atoms with Gasteiger partial charge in [-0.1, -0.05) is 0 Å². The number of nitrogens with one attached hydrogen (secondary N) is 1. The van der Waals surface area contributed by atoms with Crippen molar-refractivity contribution in [3.8, 4) is 0 Å². The first kappa shape index (κ1) is 15.7. The molecule has 0 spiro atoms. The Morgan fingerprint density at radius 3 is 2.65 bits per heavy atom. The van der Waals surface area contributed by atoms with Crippen molar-refractivity contribution < 1.29 is 13.2 Å². The Bertz CT molecular complexity index is 836. The van der Waals surface area contributed by atoms with Crippen LogP contribution >= 0.6 is 0 Å². The fourth-order valence-corrected chi connectivity index (χ4v) is 2.92. The molecule has 2 heterocycles. The molecule has 7 nitrogen and oxygen atoms in total. The van der Waals surface area contributed by atoms with Crippen molar-refractivity contribution >= 4 is 21.6 Å². The van der Waals surface area contributed by atoms with Crippen molar-refractivity contribution in [2.24, 2.45) is 0 Å². The summed E-state index contributed by atoms with van der Waals surface area (Å²) in [4.78, 5) is 16.3. The smallest absolute Gasteiger partial charge is 0.277 e. The summed E-state index contributed by atoms with van der Waals surface area (Å²) >= 11 is 0. The number of pyridine rings is 1. The molecule has 1 aliphatic rings. The van der Waals surface area contributed by atoms with E-state index in [-0.39, 0.29) is 10.8 Å². The minimum atomic E-state index is -3.30. The fraction of sp³-hybridized carbons (Fsp3) is 0.400. The van der Waals surface area contributed by atoms with E-state index in [1.807, 2.05) is 17.7 Å². The Hall–Kier alpha value is -2.22. The van der Waals surface area contributed by atoms with Gasteiger partial charge in [0.15, 0.2) is 15.5 Å². The summed E-state index contributed by atoms with van der Waals surface area (Å²) in [6.07, 6.45) is 4.62. The summed E-state index contributed by atoms with van der Waals surface area (Å²) in [7, 11) is -3.30. The Balaban J connectivity index is 1.76. The van der Waals surface area contributed by atoms with Gasteiger partial charge < -0.3 is 5.32 Å². The van der Waals surface area contributed by atoms with Crippen LogP contribution in [0.2, 0.25) is 0 Å². The highest BCUT2D eigenvalue weighted by Gasteiger charge is 2.28. The van der Waals surface area contributed by atoms with Crippen molar-refractivity contribution in [1.29, 1.82) is 0 Å². The number of amides is 1. The molecule has 1 N–H and O–H groups in total. The summed E-state index contributed by atoms with van der Waals surface area (Å²) in [5, 5.41) is 6.96. The first-order chi connectivity index (χ1) is 10.9. The van der Waals surface area contributed by atoms with Gasteiger partial charge in [0.1, 0.15) is 5.82 Å². The monoisotopic (exact) mass is 334 g/mol. The number of hydrogen-bond donors (Lipinski definition) is 1. The molecule has 23 heavy (non-hydrogen) atoms. The van der Waals surface area contributed by atoms with Crippen molar-refractivity contribution in [3.63, 3.8) is 0 Å². The lowest BCUT2D eigenvalue weighted by Crippen LogP contribution is -2.14. The normalized spacial score (nSPS) is 14.7. The number of carbonyl (C=O) groups is 1. The van der Waals surface area contributed by atoms with Gasteiger partial charge in [0.05, 0.1) is 4.90 Å². The highest BCUT2D eigenvalue weighted by Crippen LogP contribution is 2.40. The SMILES string of the molecule is CCn1nc(C(=O)Nc2ccc(S(C)(=O)=O)cn2)cc1C1CC1. The Morgan fingerprint density at radius 2 is 2.13 bits per heavy atom. The highest BCUT2D eigenvalue weighted by atomic mass is 32.2. The van der Waals surface area contributed by atoms with E-state index >= 15 is 0 Å². The van der Waals surface area contributed by atoms with E-state index in [4.69, 9.17) is 0 Å². The van der Waals surface area contributed by atoms with Crippen LogP contribution in [0.1, 0.15) is 41.9 Å². The van der Waals surface area contributed by atoms with Gasteiger partial charge >= 0.3 is 0 Å². The highest BCUT2D eigenvalue weighted by molar-refractivity contribution is 7.90. The molecular weight excluding hydrogens is 316 g/mol. The molecule has 1 saturated carbocycles. The van der Waals surface area contributed by atoms with E-state index < -0.39 is 9.84 Å². The summed E-state index contributed by atoms with van der Waals surface area (Å²) < 4.78 is 24.6. The minimum absolute atomic E-state index is 0.113. The van der Waals surface area contributed by atoms with Crippen LogP contribution in [-0.4, -0.2) is 35.3 Å². The van der Waals surface area contributed by atoms with Crippen molar-refractivity contribution in [2.75, 3.05) is 11.6 Å². The van der Waals surface area contributed by atoms with E-state index in [0.717, 1.165) is 31.3 Å². The van der Waals surface area contributed by atoms with Gasteiger partial charge in [-0.05, 0) is 38.0 Å². The molecule has 2 aromatic heterocycles. The third-order valence-corrected chi connectivity index (χ3v) is 4.84. The molecule has 2 aromatic rings. The average molecular weight is 334 g/mol. The molecule has 1 fully saturated rings. The number of rotatable bonds is 5. The molecule has 0 bridgehead atoms. The quantitative estimate of drug-likeness (QED) is 0.900.